The number of nitrogens with one attached hydrogen (secondary N) is 1. The van der Waals surface area contributed by atoms with Crippen LogP contribution < -0.4 is 5.32 Å². The molecule has 3 heterocycles. The fourth-order valence-electron chi connectivity index (χ4n) is 3.84. The van der Waals surface area contributed by atoms with Gasteiger partial charge in [-0.2, -0.15) is 4.98 Å². The van der Waals surface area contributed by atoms with Gasteiger partial charge in [-0.25, -0.2) is 9.37 Å². The smallest absolute Gasteiger partial charge is 0.230 e. The summed E-state index contributed by atoms with van der Waals surface area (Å²) >= 11 is 0. The van der Waals surface area contributed by atoms with Crippen LogP contribution in [0.15, 0.2) is 40.9 Å². The number of hydrogen-bond donors (Lipinski definition) is 1. The van der Waals surface area contributed by atoms with Gasteiger partial charge in [-0.05, 0) is 50.5 Å². The largest absolute Gasteiger partial charge is 0.342 e. The van der Waals surface area contributed by atoms with Crippen LogP contribution >= 0.6 is 0 Å². The second-order valence-corrected chi connectivity index (χ2v) is 8.31. The first-order chi connectivity index (χ1) is 15.9. The normalized spacial score (nSPS) is 16.0. The summed E-state index contributed by atoms with van der Waals surface area (Å²) in [7, 11) is 0. The summed E-state index contributed by atoms with van der Waals surface area (Å²) in [5.41, 5.74) is 1.88. The highest BCUT2D eigenvalue weighted by molar-refractivity contribution is 5.92. The highest BCUT2D eigenvalue weighted by Crippen LogP contribution is 2.21. The van der Waals surface area contributed by atoms with E-state index in [1.807, 2.05) is 19.1 Å². The van der Waals surface area contributed by atoms with E-state index in [-0.39, 0.29) is 42.2 Å². The van der Waals surface area contributed by atoms with Crippen molar-refractivity contribution in [3.05, 3.63) is 59.4 Å². The maximum Gasteiger partial charge on any atom is 0.230 e. The van der Waals surface area contributed by atoms with Gasteiger partial charge in [0.15, 0.2) is 0 Å². The molecule has 0 radical (unpaired) electrons. The van der Waals surface area contributed by atoms with Crippen molar-refractivity contribution in [2.24, 2.45) is 5.92 Å². The van der Waals surface area contributed by atoms with Crippen LogP contribution in [0.4, 0.5) is 10.2 Å². The van der Waals surface area contributed by atoms with Gasteiger partial charge in [-0.1, -0.05) is 23.4 Å². The molecule has 1 atom stereocenters. The van der Waals surface area contributed by atoms with Crippen LogP contribution in [0.2, 0.25) is 0 Å². The molecule has 0 spiro atoms. The first kappa shape index (κ1) is 22.6. The molecule has 1 aliphatic rings. The van der Waals surface area contributed by atoms with Gasteiger partial charge in [-0.3, -0.25) is 9.59 Å². The number of rotatable bonds is 6. The summed E-state index contributed by atoms with van der Waals surface area (Å²) in [5.74, 6) is 0.309. The predicted octanol–water partition coefficient (Wildman–Crippen LogP) is 3.70. The van der Waals surface area contributed by atoms with E-state index in [1.54, 1.807) is 30.0 Å². The topological polar surface area (TPSA) is 101 Å². The Kier molecular flexibility index (Phi) is 6.76. The molecule has 172 valence electrons. The SMILES string of the molecule is Cc1cccc(NC(=O)C2CCCN(C(=O)CCc3nc(-c4ccc(C)c(F)c4)no3)C2)n1. The summed E-state index contributed by atoms with van der Waals surface area (Å²) in [6.07, 6.45) is 1.95. The van der Waals surface area contributed by atoms with Gasteiger partial charge in [0, 0.05) is 37.2 Å². The molecule has 1 aromatic carbocycles. The van der Waals surface area contributed by atoms with Gasteiger partial charge >= 0.3 is 0 Å². The lowest BCUT2D eigenvalue weighted by Gasteiger charge is -2.32. The fraction of sp³-hybridized carbons (Fsp3) is 0.375. The Morgan fingerprint density at radius 3 is 2.85 bits per heavy atom. The average molecular weight is 452 g/mol. The van der Waals surface area contributed by atoms with Crippen LogP contribution in [0.25, 0.3) is 11.4 Å². The maximum atomic E-state index is 13.8. The molecule has 0 saturated carbocycles. The molecule has 2 amide bonds. The maximum absolute atomic E-state index is 13.8. The zero-order valence-electron chi connectivity index (χ0n) is 18.7. The molecule has 8 nitrogen and oxygen atoms in total. The fourth-order valence-corrected chi connectivity index (χ4v) is 3.84. The van der Waals surface area contributed by atoms with E-state index in [4.69, 9.17) is 4.52 Å². The highest BCUT2D eigenvalue weighted by Gasteiger charge is 2.28. The second kappa shape index (κ2) is 9.89. The number of nitrogens with zero attached hydrogens (tertiary/aromatic N) is 4. The molecule has 1 N–H and O–H groups in total. The number of anilines is 1. The van der Waals surface area contributed by atoms with Gasteiger partial charge in [-0.15, -0.1) is 0 Å². The number of aromatic nitrogens is 3. The van der Waals surface area contributed by atoms with Crippen molar-refractivity contribution in [2.75, 3.05) is 18.4 Å². The molecule has 1 fully saturated rings. The molecule has 0 aliphatic carbocycles. The molecular weight excluding hydrogens is 425 g/mol. The van der Waals surface area contributed by atoms with Crippen LogP contribution in [-0.4, -0.2) is 44.9 Å². The van der Waals surface area contributed by atoms with Crippen molar-refractivity contribution in [3.8, 4) is 11.4 Å². The summed E-state index contributed by atoms with van der Waals surface area (Å²) in [6.45, 7) is 4.53. The number of carbonyl (C=O) groups excluding carboxylic acids is 2. The van der Waals surface area contributed by atoms with Crippen molar-refractivity contribution in [2.45, 2.75) is 39.5 Å². The third-order valence-corrected chi connectivity index (χ3v) is 5.74. The van der Waals surface area contributed by atoms with E-state index in [2.05, 4.69) is 20.4 Å². The quantitative estimate of drug-likeness (QED) is 0.613. The van der Waals surface area contributed by atoms with Gasteiger partial charge in [0.1, 0.15) is 11.6 Å². The number of amides is 2. The molecule has 9 heteroatoms. The van der Waals surface area contributed by atoms with Crippen molar-refractivity contribution in [1.82, 2.24) is 20.0 Å². The van der Waals surface area contributed by atoms with Gasteiger partial charge < -0.3 is 14.7 Å². The monoisotopic (exact) mass is 451 g/mol. The Balaban J connectivity index is 1.31. The van der Waals surface area contributed by atoms with E-state index in [0.717, 1.165) is 18.5 Å². The molecule has 1 aliphatic heterocycles. The first-order valence-electron chi connectivity index (χ1n) is 11.0. The molecule has 1 saturated heterocycles. The minimum Gasteiger partial charge on any atom is -0.342 e. The second-order valence-electron chi connectivity index (χ2n) is 8.31. The van der Waals surface area contributed by atoms with Crippen LogP contribution in [0.3, 0.4) is 0 Å². The minimum absolute atomic E-state index is 0.0673. The van der Waals surface area contributed by atoms with Crippen LogP contribution in [0.1, 0.15) is 36.4 Å². The molecule has 0 bridgehead atoms. The molecule has 4 rings (SSSR count). The number of hydrogen-bond acceptors (Lipinski definition) is 6. The number of likely N-dealkylation sites (tertiary alicyclic amines) is 1. The van der Waals surface area contributed by atoms with Crippen molar-refractivity contribution in [3.63, 3.8) is 0 Å². The number of aryl methyl sites for hydroxylation is 3. The van der Waals surface area contributed by atoms with Crippen molar-refractivity contribution in [1.29, 1.82) is 0 Å². The van der Waals surface area contributed by atoms with Crippen molar-refractivity contribution < 1.29 is 18.5 Å². The van der Waals surface area contributed by atoms with Gasteiger partial charge in [0.25, 0.3) is 0 Å². The Hall–Kier alpha value is -3.62. The number of pyridine rings is 1. The average Bonchev–Trinajstić information content (AvgIpc) is 3.28. The summed E-state index contributed by atoms with van der Waals surface area (Å²) in [6, 6.07) is 10.2. The number of halogens is 1. The molecule has 33 heavy (non-hydrogen) atoms. The number of benzene rings is 1. The molecule has 2 aromatic heterocycles. The molecule has 3 aromatic rings. The lowest BCUT2D eigenvalue weighted by molar-refractivity contribution is -0.134. The van der Waals surface area contributed by atoms with Crippen LogP contribution in [-0.2, 0) is 16.0 Å². The Morgan fingerprint density at radius 2 is 2.06 bits per heavy atom. The summed E-state index contributed by atoms with van der Waals surface area (Å²) in [5, 5.41) is 6.74. The van der Waals surface area contributed by atoms with E-state index in [0.29, 0.717) is 35.9 Å². The van der Waals surface area contributed by atoms with Gasteiger partial charge in [0.05, 0.1) is 5.92 Å². The van der Waals surface area contributed by atoms with Crippen LogP contribution in [0, 0.1) is 25.6 Å². The zero-order chi connectivity index (χ0) is 23.4. The summed E-state index contributed by atoms with van der Waals surface area (Å²) < 4.78 is 19.0. The first-order valence-corrected chi connectivity index (χ1v) is 11.0. The standard InChI is InChI=1S/C24H26FN5O3/c1-15-8-9-17(13-19(15)25)23-28-21(33-29-23)10-11-22(31)30-12-4-6-18(14-30)24(32)27-20-7-3-5-16(2)26-20/h3,5,7-9,13,18H,4,6,10-12,14H2,1-2H3,(H,26,27,32). The van der Waals surface area contributed by atoms with E-state index < -0.39 is 0 Å². The minimum atomic E-state index is -0.337. The van der Waals surface area contributed by atoms with Gasteiger partial charge in [0.2, 0.25) is 23.5 Å². The Morgan fingerprint density at radius 1 is 1.21 bits per heavy atom. The van der Waals surface area contributed by atoms with E-state index in [9.17, 15) is 14.0 Å². The van der Waals surface area contributed by atoms with E-state index in [1.165, 1.54) is 6.07 Å². The highest BCUT2D eigenvalue weighted by atomic mass is 19.1. The van der Waals surface area contributed by atoms with E-state index >= 15 is 0 Å². The summed E-state index contributed by atoms with van der Waals surface area (Å²) in [4.78, 5) is 35.7. The predicted molar refractivity (Wildman–Crippen MR) is 120 cm³/mol. The third-order valence-electron chi connectivity index (χ3n) is 5.74. The number of carbonyl (C=O) groups is 2. The lowest BCUT2D eigenvalue weighted by atomic mass is 9.96. The number of piperidine rings is 1. The lowest BCUT2D eigenvalue weighted by Crippen LogP contribution is -2.43. The molecular formula is C24H26FN5O3. The third kappa shape index (κ3) is 5.60. The van der Waals surface area contributed by atoms with Crippen LogP contribution in [0.5, 0.6) is 0 Å². The zero-order valence-corrected chi connectivity index (χ0v) is 18.7. The Labute approximate surface area is 191 Å². The molecule has 1 unspecified atom stereocenters. The Bertz CT molecular complexity index is 1160. The van der Waals surface area contributed by atoms with Crippen molar-refractivity contribution >= 4 is 17.6 Å².